The SMILES string of the molecule is Cc1ccc(S(=O)Oc2cc(=O)oc3ccccc23)cc1. The summed E-state index contributed by atoms with van der Waals surface area (Å²) in [6, 6.07) is 15.4. The van der Waals surface area contributed by atoms with Gasteiger partial charge in [0.1, 0.15) is 5.58 Å². The van der Waals surface area contributed by atoms with E-state index in [1.165, 1.54) is 6.07 Å². The summed E-state index contributed by atoms with van der Waals surface area (Å²) in [7, 11) is 0. The standard InChI is InChI=1S/C16H12O4S/c1-11-6-8-12(9-7-11)21(18)20-15-10-16(17)19-14-5-3-2-4-13(14)15/h2-10H,1H3. The predicted molar refractivity (Wildman–Crippen MR) is 80.7 cm³/mol. The number of para-hydroxylation sites is 1. The summed E-state index contributed by atoms with van der Waals surface area (Å²) in [6.07, 6.45) is 0. The average Bonchev–Trinajstić information content (AvgIpc) is 2.47. The zero-order valence-electron chi connectivity index (χ0n) is 11.2. The Kier molecular flexibility index (Phi) is 3.58. The third-order valence-electron chi connectivity index (χ3n) is 2.99. The van der Waals surface area contributed by atoms with Gasteiger partial charge in [0.2, 0.25) is 11.1 Å². The fraction of sp³-hybridized carbons (Fsp3) is 0.0625. The van der Waals surface area contributed by atoms with E-state index in [-0.39, 0.29) is 5.75 Å². The Bertz CT molecular complexity index is 865. The van der Waals surface area contributed by atoms with Gasteiger partial charge >= 0.3 is 5.63 Å². The van der Waals surface area contributed by atoms with Crippen molar-refractivity contribution in [2.45, 2.75) is 11.8 Å². The van der Waals surface area contributed by atoms with Crippen molar-refractivity contribution in [3.63, 3.8) is 0 Å². The van der Waals surface area contributed by atoms with Crippen molar-refractivity contribution in [3.05, 3.63) is 70.6 Å². The van der Waals surface area contributed by atoms with Crippen LogP contribution in [-0.4, -0.2) is 4.21 Å². The molecule has 5 heteroatoms. The van der Waals surface area contributed by atoms with Crippen LogP contribution in [0.4, 0.5) is 0 Å². The highest BCUT2D eigenvalue weighted by Crippen LogP contribution is 2.25. The highest BCUT2D eigenvalue weighted by molar-refractivity contribution is 7.80. The van der Waals surface area contributed by atoms with Crippen molar-refractivity contribution in [1.29, 1.82) is 0 Å². The quantitative estimate of drug-likeness (QED) is 0.697. The largest absolute Gasteiger partial charge is 0.422 e. The molecule has 106 valence electrons. The van der Waals surface area contributed by atoms with E-state index in [0.29, 0.717) is 15.9 Å². The van der Waals surface area contributed by atoms with Crippen LogP contribution in [0.25, 0.3) is 11.0 Å². The summed E-state index contributed by atoms with van der Waals surface area (Å²) in [5.41, 5.74) is 0.937. The van der Waals surface area contributed by atoms with Crippen LogP contribution in [-0.2, 0) is 11.1 Å². The number of rotatable bonds is 3. The Balaban J connectivity index is 2.00. The minimum Gasteiger partial charge on any atom is -0.422 e. The summed E-state index contributed by atoms with van der Waals surface area (Å²) < 4.78 is 22.8. The second-order valence-electron chi connectivity index (χ2n) is 4.56. The van der Waals surface area contributed by atoms with Crippen LogP contribution < -0.4 is 9.81 Å². The molecule has 0 amide bonds. The van der Waals surface area contributed by atoms with Crippen LogP contribution in [0.2, 0.25) is 0 Å². The minimum atomic E-state index is -1.69. The lowest BCUT2D eigenvalue weighted by molar-refractivity contribution is 0.534. The first-order chi connectivity index (χ1) is 10.1. The second-order valence-corrected chi connectivity index (χ2v) is 5.66. The molecule has 0 N–H and O–H groups in total. The van der Waals surface area contributed by atoms with Gasteiger partial charge in [-0.3, -0.25) is 0 Å². The van der Waals surface area contributed by atoms with Gasteiger partial charge < -0.3 is 8.60 Å². The monoisotopic (exact) mass is 300 g/mol. The number of aryl methyl sites for hydroxylation is 1. The van der Waals surface area contributed by atoms with Crippen molar-refractivity contribution in [2.75, 3.05) is 0 Å². The molecule has 0 fully saturated rings. The Morgan fingerprint density at radius 2 is 1.76 bits per heavy atom. The van der Waals surface area contributed by atoms with Crippen LogP contribution in [0.1, 0.15) is 5.56 Å². The summed E-state index contributed by atoms with van der Waals surface area (Å²) in [6.45, 7) is 1.95. The van der Waals surface area contributed by atoms with Gasteiger partial charge in [0.05, 0.1) is 16.3 Å². The molecule has 1 heterocycles. The third-order valence-corrected chi connectivity index (χ3v) is 3.98. The Labute approximate surface area is 123 Å². The van der Waals surface area contributed by atoms with Gasteiger partial charge in [0.15, 0.2) is 5.75 Å². The van der Waals surface area contributed by atoms with Crippen LogP contribution in [0.5, 0.6) is 5.75 Å². The van der Waals surface area contributed by atoms with Crippen molar-refractivity contribution < 1.29 is 12.8 Å². The highest BCUT2D eigenvalue weighted by Gasteiger charge is 2.11. The zero-order chi connectivity index (χ0) is 14.8. The van der Waals surface area contributed by atoms with Crippen molar-refractivity contribution in [3.8, 4) is 5.75 Å². The van der Waals surface area contributed by atoms with Crippen LogP contribution in [0, 0.1) is 6.92 Å². The van der Waals surface area contributed by atoms with Crippen molar-refractivity contribution in [1.82, 2.24) is 0 Å². The van der Waals surface area contributed by atoms with E-state index < -0.39 is 16.7 Å². The molecule has 21 heavy (non-hydrogen) atoms. The van der Waals surface area contributed by atoms with E-state index in [1.54, 1.807) is 36.4 Å². The molecule has 0 bridgehead atoms. The lowest BCUT2D eigenvalue weighted by Crippen LogP contribution is -2.05. The van der Waals surface area contributed by atoms with Gasteiger partial charge in [-0.25, -0.2) is 9.00 Å². The molecule has 2 aromatic carbocycles. The van der Waals surface area contributed by atoms with E-state index in [2.05, 4.69) is 0 Å². The Morgan fingerprint density at radius 3 is 2.52 bits per heavy atom. The fourth-order valence-corrected chi connectivity index (χ4v) is 2.69. The molecule has 0 aliphatic carbocycles. The van der Waals surface area contributed by atoms with Gasteiger partial charge in [0, 0.05) is 0 Å². The first-order valence-electron chi connectivity index (χ1n) is 6.33. The number of benzene rings is 2. The van der Waals surface area contributed by atoms with Gasteiger partial charge in [0.25, 0.3) is 0 Å². The summed E-state index contributed by atoms with van der Waals surface area (Å²) in [5, 5.41) is 0.609. The summed E-state index contributed by atoms with van der Waals surface area (Å²) in [5.74, 6) is 0.251. The fourth-order valence-electron chi connectivity index (χ4n) is 1.93. The maximum atomic E-state index is 12.2. The van der Waals surface area contributed by atoms with E-state index in [1.807, 2.05) is 19.1 Å². The third kappa shape index (κ3) is 2.87. The lowest BCUT2D eigenvalue weighted by atomic mass is 10.2. The van der Waals surface area contributed by atoms with Crippen LogP contribution >= 0.6 is 0 Å². The van der Waals surface area contributed by atoms with Gasteiger partial charge in [-0.2, -0.15) is 0 Å². The molecule has 0 aliphatic heterocycles. The highest BCUT2D eigenvalue weighted by atomic mass is 32.2. The maximum Gasteiger partial charge on any atom is 0.340 e. The molecule has 3 rings (SSSR count). The molecule has 3 aromatic rings. The normalized spacial score (nSPS) is 12.2. The van der Waals surface area contributed by atoms with Gasteiger partial charge in [-0.05, 0) is 31.2 Å². The molecular weight excluding hydrogens is 288 g/mol. The predicted octanol–water partition coefficient (Wildman–Crippen LogP) is 3.20. The minimum absolute atomic E-state index is 0.251. The number of hydrogen-bond acceptors (Lipinski definition) is 4. The van der Waals surface area contributed by atoms with Crippen molar-refractivity contribution >= 4 is 22.0 Å². The number of fused-ring (bicyclic) bond motifs is 1. The maximum absolute atomic E-state index is 12.2. The first-order valence-corrected chi connectivity index (χ1v) is 7.40. The molecule has 0 aliphatic rings. The molecule has 1 unspecified atom stereocenters. The van der Waals surface area contributed by atoms with Gasteiger partial charge in [-0.15, -0.1) is 0 Å². The Hall–Kier alpha value is -2.40. The average molecular weight is 300 g/mol. The van der Waals surface area contributed by atoms with E-state index in [0.717, 1.165) is 5.56 Å². The molecule has 1 aromatic heterocycles. The van der Waals surface area contributed by atoms with Crippen LogP contribution in [0.15, 0.2) is 68.7 Å². The smallest absolute Gasteiger partial charge is 0.340 e. The Morgan fingerprint density at radius 1 is 1.05 bits per heavy atom. The molecule has 0 saturated heterocycles. The molecule has 0 spiro atoms. The van der Waals surface area contributed by atoms with E-state index in [9.17, 15) is 9.00 Å². The molecule has 4 nitrogen and oxygen atoms in total. The molecule has 1 atom stereocenters. The lowest BCUT2D eigenvalue weighted by Gasteiger charge is -2.07. The molecule has 0 saturated carbocycles. The van der Waals surface area contributed by atoms with E-state index in [4.69, 9.17) is 8.60 Å². The first kappa shape index (κ1) is 13.6. The summed E-state index contributed by atoms with van der Waals surface area (Å²) in [4.78, 5) is 12.1. The van der Waals surface area contributed by atoms with Crippen molar-refractivity contribution in [2.24, 2.45) is 0 Å². The topological polar surface area (TPSA) is 56.5 Å². The summed E-state index contributed by atoms with van der Waals surface area (Å²) >= 11 is -1.69. The molecular formula is C16H12O4S. The van der Waals surface area contributed by atoms with E-state index >= 15 is 0 Å². The van der Waals surface area contributed by atoms with Crippen LogP contribution in [0.3, 0.4) is 0 Å². The zero-order valence-corrected chi connectivity index (χ0v) is 12.1. The number of hydrogen-bond donors (Lipinski definition) is 0. The molecule has 0 radical (unpaired) electrons. The van der Waals surface area contributed by atoms with Gasteiger partial charge in [-0.1, -0.05) is 29.8 Å². The second kappa shape index (κ2) is 5.54.